The number of benzene rings is 8. The predicted octanol–water partition coefficient (Wildman–Crippen LogP) is 2.91. The van der Waals surface area contributed by atoms with Crippen molar-refractivity contribution >= 4 is 150 Å². The van der Waals surface area contributed by atoms with E-state index < -0.39 is 0 Å². The molecule has 0 saturated heterocycles. The van der Waals surface area contributed by atoms with Gasteiger partial charge in [-0.05, 0) is 90.3 Å². The van der Waals surface area contributed by atoms with Crippen molar-refractivity contribution in [1.82, 2.24) is 0 Å². The van der Waals surface area contributed by atoms with Gasteiger partial charge in [0.05, 0.1) is 0 Å². The first kappa shape index (κ1) is 33.4. The standard InChI is InChI=1S/C44H20B8O/c45-37-33-31(23-15-13-22(14-16-23)25-17-18-30-28(20-25)27-11-4-5-12-29(27)53-30)34-36(40(48)44(52)42(50)38(34)46)32(35(33)39(47)43(51)41(37)49)26-10-6-9-24(19-26)21-7-2-1-3-8-21/h1-20H. The SMILES string of the molecule is [B]c1c([B])c([B])c2c(-c3cccc(-c4ccccc4)c3)c3c([B])c([B])c([B])c([B])c3c(-c3ccc(-c4ccc5oc6ccccc6c5c4)cc3)c2c1[B]. The Morgan fingerprint density at radius 3 is 1.30 bits per heavy atom. The summed E-state index contributed by atoms with van der Waals surface area (Å²) in [6, 6.07) is 40.5. The first-order valence-corrected chi connectivity index (χ1v) is 17.1. The molecule has 9 aromatic rings. The maximum Gasteiger partial charge on any atom is 0.135 e. The quantitative estimate of drug-likeness (QED) is 0.211. The van der Waals surface area contributed by atoms with E-state index in [1.807, 2.05) is 103 Å². The highest BCUT2D eigenvalue weighted by atomic mass is 16.3. The fourth-order valence-electron chi connectivity index (χ4n) is 7.74. The second kappa shape index (κ2) is 12.6. The van der Waals surface area contributed by atoms with Crippen LogP contribution >= 0.6 is 0 Å². The van der Waals surface area contributed by atoms with Crippen molar-refractivity contribution in [2.24, 2.45) is 0 Å². The Labute approximate surface area is 318 Å². The summed E-state index contributed by atoms with van der Waals surface area (Å²) in [6.07, 6.45) is 0. The molecule has 0 spiro atoms. The van der Waals surface area contributed by atoms with E-state index in [4.69, 9.17) is 67.2 Å². The number of fused-ring (bicyclic) bond motifs is 5. The van der Waals surface area contributed by atoms with Crippen molar-refractivity contribution in [2.75, 3.05) is 0 Å². The summed E-state index contributed by atoms with van der Waals surface area (Å²) in [5.41, 5.74) is 10.4. The van der Waals surface area contributed by atoms with Gasteiger partial charge in [-0.3, -0.25) is 0 Å². The normalized spacial score (nSPS) is 11.6. The molecule has 0 atom stereocenters. The molecule has 0 unspecified atom stereocenters. The first-order chi connectivity index (χ1) is 25.6. The van der Waals surface area contributed by atoms with Crippen LogP contribution in [0.25, 0.3) is 88.0 Å². The molecule has 226 valence electrons. The summed E-state index contributed by atoms with van der Waals surface area (Å²) in [4.78, 5) is 0. The third-order valence-electron chi connectivity index (χ3n) is 10.5. The minimum atomic E-state index is 0.173. The van der Waals surface area contributed by atoms with Crippen LogP contribution in [0.5, 0.6) is 0 Å². The van der Waals surface area contributed by atoms with Gasteiger partial charge in [-0.15, -0.1) is 21.9 Å². The number of hydrogen-bond acceptors (Lipinski definition) is 1. The topological polar surface area (TPSA) is 13.1 Å². The number of para-hydroxylation sites is 1. The molecule has 0 aliphatic rings. The zero-order valence-corrected chi connectivity index (χ0v) is 28.6. The summed E-state index contributed by atoms with van der Waals surface area (Å²) in [5.74, 6) is 0. The van der Waals surface area contributed by atoms with Crippen LogP contribution in [0.2, 0.25) is 0 Å². The molecule has 0 fully saturated rings. The van der Waals surface area contributed by atoms with Crippen molar-refractivity contribution in [3.05, 3.63) is 121 Å². The summed E-state index contributed by atoms with van der Waals surface area (Å²) in [5, 5.41) is 4.42. The van der Waals surface area contributed by atoms with E-state index in [1.165, 1.54) is 0 Å². The molecular weight excluding hydrogens is 631 g/mol. The Bertz CT molecular complexity index is 2890. The second-order valence-corrected chi connectivity index (χ2v) is 13.4. The maximum absolute atomic E-state index is 6.95. The summed E-state index contributed by atoms with van der Waals surface area (Å²) >= 11 is 0. The van der Waals surface area contributed by atoms with E-state index in [1.54, 1.807) is 0 Å². The number of furan rings is 1. The molecule has 0 N–H and O–H groups in total. The van der Waals surface area contributed by atoms with Gasteiger partial charge < -0.3 is 4.42 Å². The van der Waals surface area contributed by atoms with Crippen molar-refractivity contribution in [1.29, 1.82) is 0 Å². The van der Waals surface area contributed by atoms with Crippen LogP contribution in [0.15, 0.2) is 126 Å². The van der Waals surface area contributed by atoms with Gasteiger partial charge in [0.1, 0.15) is 73.9 Å². The van der Waals surface area contributed by atoms with E-state index in [2.05, 4.69) is 18.2 Å². The van der Waals surface area contributed by atoms with Crippen LogP contribution in [-0.2, 0) is 0 Å². The van der Waals surface area contributed by atoms with Gasteiger partial charge in [-0.1, -0.05) is 119 Å². The smallest absolute Gasteiger partial charge is 0.135 e. The molecular formula is C44H20B8O. The highest BCUT2D eigenvalue weighted by molar-refractivity contribution is 6.71. The highest BCUT2D eigenvalue weighted by Crippen LogP contribution is 2.42. The number of rotatable bonds is 4. The zero-order chi connectivity index (χ0) is 36.7. The third kappa shape index (κ3) is 5.12. The lowest BCUT2D eigenvalue weighted by Crippen LogP contribution is -2.50. The monoisotopic (exact) mass is 652 g/mol. The minimum absolute atomic E-state index is 0.173. The van der Waals surface area contributed by atoms with Crippen molar-refractivity contribution in [3.63, 3.8) is 0 Å². The minimum Gasteiger partial charge on any atom is -0.456 e. The lowest BCUT2D eigenvalue weighted by atomic mass is 9.59. The van der Waals surface area contributed by atoms with Gasteiger partial charge in [0.15, 0.2) is 0 Å². The Morgan fingerprint density at radius 2 is 0.698 bits per heavy atom. The summed E-state index contributed by atoms with van der Waals surface area (Å²) in [7, 11) is 54.2. The van der Waals surface area contributed by atoms with Gasteiger partial charge in [0.2, 0.25) is 0 Å². The van der Waals surface area contributed by atoms with Crippen molar-refractivity contribution in [2.45, 2.75) is 0 Å². The van der Waals surface area contributed by atoms with E-state index >= 15 is 0 Å². The van der Waals surface area contributed by atoms with E-state index in [9.17, 15) is 0 Å². The second-order valence-electron chi connectivity index (χ2n) is 13.4. The van der Waals surface area contributed by atoms with Crippen LogP contribution in [0.1, 0.15) is 0 Å². The summed E-state index contributed by atoms with van der Waals surface area (Å²) < 4.78 is 6.07. The van der Waals surface area contributed by atoms with Crippen LogP contribution in [0.4, 0.5) is 0 Å². The van der Waals surface area contributed by atoms with Gasteiger partial charge in [-0.2, -0.15) is 0 Å². The molecule has 0 aliphatic heterocycles. The lowest BCUT2D eigenvalue weighted by molar-refractivity contribution is 0.669. The predicted molar refractivity (Wildman–Crippen MR) is 234 cm³/mol. The Balaban J connectivity index is 1.36. The van der Waals surface area contributed by atoms with Crippen molar-refractivity contribution in [3.8, 4) is 44.5 Å². The van der Waals surface area contributed by atoms with E-state index in [0.717, 1.165) is 55.3 Å². The Kier molecular flexibility index (Phi) is 7.97. The molecule has 1 nitrogen and oxygen atoms in total. The van der Waals surface area contributed by atoms with Crippen LogP contribution in [0.3, 0.4) is 0 Å². The number of hydrogen-bond donors (Lipinski definition) is 0. The zero-order valence-electron chi connectivity index (χ0n) is 28.6. The Morgan fingerprint density at radius 1 is 0.283 bits per heavy atom. The van der Waals surface area contributed by atoms with E-state index in [-0.39, 0.29) is 43.7 Å². The summed E-state index contributed by atoms with van der Waals surface area (Å²) in [6.45, 7) is 0. The maximum atomic E-state index is 6.95. The molecule has 53 heavy (non-hydrogen) atoms. The van der Waals surface area contributed by atoms with Gasteiger partial charge >= 0.3 is 0 Å². The Hall–Kier alpha value is -5.40. The molecule has 0 bridgehead atoms. The van der Waals surface area contributed by atoms with Crippen LogP contribution in [0, 0.1) is 0 Å². The molecule has 1 aromatic heterocycles. The highest BCUT2D eigenvalue weighted by Gasteiger charge is 2.25. The van der Waals surface area contributed by atoms with Gasteiger partial charge in [0.25, 0.3) is 0 Å². The molecule has 16 radical (unpaired) electrons. The molecule has 1 heterocycles. The molecule has 8 aromatic carbocycles. The first-order valence-electron chi connectivity index (χ1n) is 17.1. The van der Waals surface area contributed by atoms with Crippen molar-refractivity contribution < 1.29 is 4.42 Å². The van der Waals surface area contributed by atoms with E-state index in [0.29, 0.717) is 32.7 Å². The fourth-order valence-corrected chi connectivity index (χ4v) is 7.74. The molecule has 9 heteroatoms. The third-order valence-corrected chi connectivity index (χ3v) is 10.5. The molecule has 0 amide bonds. The van der Waals surface area contributed by atoms with Gasteiger partial charge in [-0.25, -0.2) is 0 Å². The molecule has 9 rings (SSSR count). The average Bonchev–Trinajstić information content (AvgIpc) is 3.58. The van der Waals surface area contributed by atoms with Crippen LogP contribution < -0.4 is 43.7 Å². The lowest BCUT2D eigenvalue weighted by Gasteiger charge is -2.28. The molecule has 0 aliphatic carbocycles. The fraction of sp³-hybridized carbons (Fsp3) is 0. The largest absolute Gasteiger partial charge is 0.456 e. The molecule has 0 saturated carbocycles. The van der Waals surface area contributed by atoms with Crippen LogP contribution in [-0.4, -0.2) is 62.8 Å². The van der Waals surface area contributed by atoms with Gasteiger partial charge in [0, 0.05) is 10.8 Å². The average molecular weight is 651 g/mol.